The molecule has 22 heavy (non-hydrogen) atoms. The molecule has 3 heterocycles. The quantitative estimate of drug-likeness (QED) is 0.852. The smallest absolute Gasteiger partial charge is 0.277 e. The van der Waals surface area contributed by atoms with Gasteiger partial charge in [-0.05, 0) is 30.9 Å². The zero-order valence-electron chi connectivity index (χ0n) is 12.4. The molecule has 1 fully saturated rings. The molecular weight excluding hydrogens is 276 g/mol. The van der Waals surface area contributed by atoms with E-state index in [1.54, 1.807) is 0 Å². The lowest BCUT2D eigenvalue weighted by atomic mass is 10.2. The highest BCUT2D eigenvalue weighted by molar-refractivity contribution is 6.06. The highest BCUT2D eigenvalue weighted by Gasteiger charge is 2.26. The highest BCUT2D eigenvalue weighted by atomic mass is 16.2. The van der Waals surface area contributed by atoms with E-state index in [1.165, 1.54) is 24.7 Å². The highest BCUT2D eigenvalue weighted by Crippen LogP contribution is 2.29. The summed E-state index contributed by atoms with van der Waals surface area (Å²) in [5.41, 5.74) is 2.71. The van der Waals surface area contributed by atoms with Gasteiger partial charge in [0, 0.05) is 31.4 Å². The number of benzene rings is 1. The molecule has 2 aliphatic heterocycles. The number of rotatable bonds is 2. The lowest BCUT2D eigenvalue weighted by Crippen LogP contribution is -2.30. The first kappa shape index (κ1) is 13.2. The second-order valence-electron chi connectivity index (χ2n) is 5.79. The molecule has 5 nitrogen and oxygen atoms in total. The van der Waals surface area contributed by atoms with Gasteiger partial charge in [-0.2, -0.15) is 0 Å². The van der Waals surface area contributed by atoms with Crippen molar-refractivity contribution >= 4 is 17.4 Å². The molecule has 0 unspecified atom stereocenters. The molecule has 4 rings (SSSR count). The Morgan fingerprint density at radius 2 is 1.86 bits per heavy atom. The first-order chi connectivity index (χ1) is 10.8. The largest absolute Gasteiger partial charge is 0.357 e. The standard InChI is InChI=1S/C17H18N4O/c22-17(21-10-7-13-5-1-2-6-15(13)21)14-11-16(19-12-18-14)20-8-3-4-9-20/h1-2,5-6,11-12H,3-4,7-10H2. The molecule has 1 aromatic heterocycles. The van der Waals surface area contributed by atoms with Gasteiger partial charge in [0.15, 0.2) is 0 Å². The second-order valence-corrected chi connectivity index (χ2v) is 5.79. The van der Waals surface area contributed by atoms with Gasteiger partial charge in [0.25, 0.3) is 5.91 Å². The summed E-state index contributed by atoms with van der Waals surface area (Å²) < 4.78 is 0. The number of nitrogens with zero attached hydrogens (tertiary/aromatic N) is 4. The fourth-order valence-electron chi connectivity index (χ4n) is 3.27. The molecule has 2 aromatic rings. The maximum atomic E-state index is 12.8. The van der Waals surface area contributed by atoms with Crippen molar-refractivity contribution in [2.45, 2.75) is 19.3 Å². The summed E-state index contributed by atoms with van der Waals surface area (Å²) in [6.45, 7) is 2.75. The summed E-state index contributed by atoms with van der Waals surface area (Å²) >= 11 is 0. The fraction of sp³-hybridized carbons (Fsp3) is 0.353. The molecule has 1 aromatic carbocycles. The minimum absolute atomic E-state index is 0.0344. The van der Waals surface area contributed by atoms with Crippen molar-refractivity contribution in [2.24, 2.45) is 0 Å². The predicted octanol–water partition coefficient (Wildman–Crippen LogP) is 2.28. The van der Waals surface area contributed by atoms with E-state index >= 15 is 0 Å². The van der Waals surface area contributed by atoms with Gasteiger partial charge in [-0.1, -0.05) is 18.2 Å². The van der Waals surface area contributed by atoms with Crippen LogP contribution in [0.5, 0.6) is 0 Å². The molecule has 112 valence electrons. The molecule has 0 radical (unpaired) electrons. The van der Waals surface area contributed by atoms with E-state index in [2.05, 4.69) is 20.9 Å². The first-order valence-electron chi connectivity index (χ1n) is 7.80. The van der Waals surface area contributed by atoms with Gasteiger partial charge >= 0.3 is 0 Å². The van der Waals surface area contributed by atoms with Gasteiger partial charge in [0.05, 0.1) is 0 Å². The molecule has 0 atom stereocenters. The number of hydrogen-bond donors (Lipinski definition) is 0. The summed E-state index contributed by atoms with van der Waals surface area (Å²) in [5, 5.41) is 0. The third-order valence-electron chi connectivity index (χ3n) is 4.43. The molecule has 1 amide bonds. The van der Waals surface area contributed by atoms with Gasteiger partial charge in [-0.3, -0.25) is 4.79 Å². The number of para-hydroxylation sites is 1. The zero-order valence-corrected chi connectivity index (χ0v) is 12.4. The van der Waals surface area contributed by atoms with Crippen LogP contribution in [0.25, 0.3) is 0 Å². The molecule has 0 aliphatic carbocycles. The van der Waals surface area contributed by atoms with E-state index in [0.29, 0.717) is 5.69 Å². The number of anilines is 2. The first-order valence-corrected chi connectivity index (χ1v) is 7.80. The van der Waals surface area contributed by atoms with Crippen molar-refractivity contribution in [3.05, 3.63) is 47.9 Å². The van der Waals surface area contributed by atoms with Gasteiger partial charge in [-0.15, -0.1) is 0 Å². The van der Waals surface area contributed by atoms with E-state index in [1.807, 2.05) is 29.2 Å². The van der Waals surface area contributed by atoms with Crippen molar-refractivity contribution in [3.63, 3.8) is 0 Å². The Morgan fingerprint density at radius 3 is 2.73 bits per heavy atom. The average Bonchev–Trinajstić information content (AvgIpc) is 3.24. The summed E-state index contributed by atoms with van der Waals surface area (Å²) in [7, 11) is 0. The number of carbonyl (C=O) groups is 1. The van der Waals surface area contributed by atoms with Crippen LogP contribution in [0, 0.1) is 0 Å². The van der Waals surface area contributed by atoms with Crippen molar-refractivity contribution in [2.75, 3.05) is 29.4 Å². The number of aromatic nitrogens is 2. The average molecular weight is 294 g/mol. The van der Waals surface area contributed by atoms with E-state index in [-0.39, 0.29) is 5.91 Å². The van der Waals surface area contributed by atoms with Crippen molar-refractivity contribution in [1.82, 2.24) is 9.97 Å². The van der Waals surface area contributed by atoms with Gasteiger partial charge in [-0.25, -0.2) is 9.97 Å². The van der Waals surface area contributed by atoms with Crippen molar-refractivity contribution in [1.29, 1.82) is 0 Å². The summed E-state index contributed by atoms with van der Waals surface area (Å²) in [5.74, 6) is 0.830. The third kappa shape index (κ3) is 2.22. The van der Waals surface area contributed by atoms with E-state index in [0.717, 1.165) is 37.6 Å². The Balaban J connectivity index is 1.62. The summed E-state index contributed by atoms with van der Waals surface area (Å²) in [6.07, 6.45) is 4.79. The summed E-state index contributed by atoms with van der Waals surface area (Å²) in [4.78, 5) is 25.4. The Kier molecular flexibility index (Phi) is 3.25. The van der Waals surface area contributed by atoms with Crippen LogP contribution in [0.2, 0.25) is 0 Å². The van der Waals surface area contributed by atoms with Crippen LogP contribution in [0.1, 0.15) is 28.9 Å². The Morgan fingerprint density at radius 1 is 1.05 bits per heavy atom. The summed E-state index contributed by atoms with van der Waals surface area (Å²) in [6, 6.07) is 9.90. The topological polar surface area (TPSA) is 49.3 Å². The van der Waals surface area contributed by atoms with Gasteiger partial charge < -0.3 is 9.80 Å². The van der Waals surface area contributed by atoms with Crippen LogP contribution in [0.4, 0.5) is 11.5 Å². The van der Waals surface area contributed by atoms with E-state index < -0.39 is 0 Å². The van der Waals surface area contributed by atoms with Crippen LogP contribution in [-0.2, 0) is 6.42 Å². The van der Waals surface area contributed by atoms with E-state index in [4.69, 9.17) is 0 Å². The molecule has 0 bridgehead atoms. The monoisotopic (exact) mass is 294 g/mol. The van der Waals surface area contributed by atoms with Crippen LogP contribution >= 0.6 is 0 Å². The lowest BCUT2D eigenvalue weighted by Gasteiger charge is -2.19. The van der Waals surface area contributed by atoms with Gasteiger partial charge in [0.1, 0.15) is 17.8 Å². The molecule has 2 aliphatic rings. The van der Waals surface area contributed by atoms with Crippen LogP contribution in [0.3, 0.4) is 0 Å². The number of fused-ring (bicyclic) bond motifs is 1. The minimum atomic E-state index is -0.0344. The molecule has 1 saturated heterocycles. The SMILES string of the molecule is O=C(c1cc(N2CCCC2)ncn1)N1CCc2ccccc21. The van der Waals surface area contributed by atoms with E-state index in [9.17, 15) is 4.79 Å². The van der Waals surface area contributed by atoms with Crippen LogP contribution < -0.4 is 9.80 Å². The third-order valence-corrected chi connectivity index (χ3v) is 4.43. The Labute approximate surface area is 129 Å². The maximum Gasteiger partial charge on any atom is 0.277 e. The minimum Gasteiger partial charge on any atom is -0.357 e. The molecule has 5 heteroatoms. The molecular formula is C17H18N4O. The second kappa shape index (κ2) is 5.40. The number of amides is 1. The van der Waals surface area contributed by atoms with Crippen molar-refractivity contribution < 1.29 is 4.79 Å². The lowest BCUT2D eigenvalue weighted by molar-refractivity contribution is 0.0984. The number of carbonyl (C=O) groups excluding carboxylic acids is 1. The zero-order chi connectivity index (χ0) is 14.9. The van der Waals surface area contributed by atoms with Crippen LogP contribution in [0.15, 0.2) is 36.7 Å². The van der Waals surface area contributed by atoms with Gasteiger partial charge in [0.2, 0.25) is 0 Å². The Hall–Kier alpha value is -2.43. The molecule has 0 spiro atoms. The Bertz CT molecular complexity index is 709. The molecule has 0 saturated carbocycles. The predicted molar refractivity (Wildman–Crippen MR) is 85.3 cm³/mol. The number of hydrogen-bond acceptors (Lipinski definition) is 4. The maximum absolute atomic E-state index is 12.8. The molecule has 0 N–H and O–H groups in total. The van der Waals surface area contributed by atoms with Crippen LogP contribution in [-0.4, -0.2) is 35.5 Å². The van der Waals surface area contributed by atoms with Crippen molar-refractivity contribution in [3.8, 4) is 0 Å². The normalized spacial score (nSPS) is 16.9. The fourth-order valence-corrected chi connectivity index (χ4v) is 3.27.